The second-order valence-corrected chi connectivity index (χ2v) is 4.85. The smallest absolute Gasteiger partial charge is 0.328 e. The van der Waals surface area contributed by atoms with Crippen LogP contribution in [0, 0.1) is 11.7 Å². The molecule has 0 aliphatic carbocycles. The minimum absolute atomic E-state index is 0.0821. The van der Waals surface area contributed by atoms with E-state index in [0.29, 0.717) is 18.0 Å². The van der Waals surface area contributed by atoms with Crippen molar-refractivity contribution in [3.8, 4) is 0 Å². The Balaban J connectivity index is 2.80. The van der Waals surface area contributed by atoms with E-state index in [1.54, 1.807) is 0 Å². The highest BCUT2D eigenvalue weighted by Crippen LogP contribution is 2.12. The highest BCUT2D eigenvalue weighted by atomic mass is 19.1. The maximum atomic E-state index is 13.6. The molecule has 5 heteroatoms. The Bertz CT molecular complexity index is 524. The highest BCUT2D eigenvalue weighted by molar-refractivity contribution is 5.95. The van der Waals surface area contributed by atoms with Crippen molar-refractivity contribution in [3.05, 3.63) is 41.2 Å². The summed E-state index contributed by atoms with van der Waals surface area (Å²) in [5, 5.41) is 11.2. The van der Waals surface area contributed by atoms with Crippen LogP contribution in [0.5, 0.6) is 0 Å². The van der Waals surface area contributed by atoms with E-state index in [9.17, 15) is 14.0 Å². The maximum Gasteiger partial charge on any atom is 0.328 e. The molecule has 0 saturated heterocycles. The molecular weight excluding hydrogens is 261 g/mol. The van der Waals surface area contributed by atoms with E-state index in [1.807, 2.05) is 13.8 Å². The number of nitrogens with one attached hydrogen (secondary N) is 1. The maximum absolute atomic E-state index is 13.6. The van der Waals surface area contributed by atoms with Crippen molar-refractivity contribution in [1.29, 1.82) is 0 Å². The van der Waals surface area contributed by atoms with Gasteiger partial charge in [-0.1, -0.05) is 19.9 Å². The fourth-order valence-electron chi connectivity index (χ4n) is 1.56. The second kappa shape index (κ2) is 7.43. The van der Waals surface area contributed by atoms with Gasteiger partial charge in [0.1, 0.15) is 5.82 Å². The van der Waals surface area contributed by atoms with Gasteiger partial charge in [0.05, 0.1) is 5.56 Å². The summed E-state index contributed by atoms with van der Waals surface area (Å²) in [6, 6.07) is 3.90. The van der Waals surface area contributed by atoms with Gasteiger partial charge < -0.3 is 10.4 Å². The zero-order valence-electron chi connectivity index (χ0n) is 11.5. The van der Waals surface area contributed by atoms with Crippen molar-refractivity contribution in [2.45, 2.75) is 20.3 Å². The van der Waals surface area contributed by atoms with Gasteiger partial charge in [-0.15, -0.1) is 0 Å². The molecule has 4 nitrogen and oxygen atoms in total. The van der Waals surface area contributed by atoms with Crippen molar-refractivity contribution in [2.24, 2.45) is 5.92 Å². The number of benzene rings is 1. The first-order chi connectivity index (χ1) is 9.40. The Hall–Kier alpha value is -2.17. The molecule has 2 N–H and O–H groups in total. The zero-order valence-corrected chi connectivity index (χ0v) is 11.5. The molecule has 0 aliphatic heterocycles. The summed E-state index contributed by atoms with van der Waals surface area (Å²) in [7, 11) is 0. The molecule has 0 fully saturated rings. The van der Waals surface area contributed by atoms with Gasteiger partial charge in [-0.2, -0.15) is 0 Å². The zero-order chi connectivity index (χ0) is 15.1. The van der Waals surface area contributed by atoms with Crippen LogP contribution >= 0.6 is 0 Å². The number of amides is 1. The molecule has 20 heavy (non-hydrogen) atoms. The monoisotopic (exact) mass is 279 g/mol. The molecule has 108 valence electrons. The fraction of sp³-hybridized carbons (Fsp3) is 0.333. The Morgan fingerprint density at radius 2 is 2.10 bits per heavy atom. The molecule has 0 aliphatic rings. The van der Waals surface area contributed by atoms with Crippen molar-refractivity contribution >= 4 is 18.0 Å². The van der Waals surface area contributed by atoms with E-state index in [4.69, 9.17) is 5.11 Å². The molecule has 1 aromatic carbocycles. The first-order valence-corrected chi connectivity index (χ1v) is 6.39. The molecule has 0 heterocycles. The van der Waals surface area contributed by atoms with Crippen LogP contribution in [-0.2, 0) is 4.79 Å². The lowest BCUT2D eigenvalue weighted by atomic mass is 10.1. The first-order valence-electron chi connectivity index (χ1n) is 6.39. The number of hydrogen-bond donors (Lipinski definition) is 2. The highest BCUT2D eigenvalue weighted by Gasteiger charge is 2.11. The molecule has 1 aromatic rings. The fourth-order valence-corrected chi connectivity index (χ4v) is 1.56. The predicted octanol–water partition coefficient (Wildman–Crippen LogP) is 2.70. The van der Waals surface area contributed by atoms with Crippen LogP contribution in [0.1, 0.15) is 36.2 Å². The molecule has 0 aromatic heterocycles. The van der Waals surface area contributed by atoms with Crippen LogP contribution < -0.4 is 5.32 Å². The first kappa shape index (κ1) is 15.9. The van der Waals surface area contributed by atoms with Crippen LogP contribution in [0.15, 0.2) is 24.3 Å². The lowest BCUT2D eigenvalue weighted by Gasteiger charge is -2.08. The van der Waals surface area contributed by atoms with Crippen LogP contribution in [0.2, 0.25) is 0 Å². The predicted molar refractivity (Wildman–Crippen MR) is 74.9 cm³/mol. The average Bonchev–Trinajstić information content (AvgIpc) is 2.37. The summed E-state index contributed by atoms with van der Waals surface area (Å²) in [4.78, 5) is 22.3. The summed E-state index contributed by atoms with van der Waals surface area (Å²) in [6.07, 6.45) is 3.06. The Kier molecular flexibility index (Phi) is 5.90. The van der Waals surface area contributed by atoms with E-state index in [1.165, 1.54) is 18.2 Å². The standard InChI is InChI=1S/C15H18FNO3/c1-10(2)7-8-17-15(20)12-9-11(3-5-13(12)16)4-6-14(18)19/h3-6,9-10H,7-8H2,1-2H3,(H,17,20)(H,18,19). The Labute approximate surface area is 117 Å². The molecule has 1 amide bonds. The van der Waals surface area contributed by atoms with Gasteiger partial charge in [-0.05, 0) is 36.1 Å². The number of carbonyl (C=O) groups is 2. The molecule has 0 bridgehead atoms. The quantitative estimate of drug-likeness (QED) is 0.787. The molecule has 0 radical (unpaired) electrons. The lowest BCUT2D eigenvalue weighted by molar-refractivity contribution is -0.131. The van der Waals surface area contributed by atoms with Crippen molar-refractivity contribution in [1.82, 2.24) is 5.32 Å². The van der Waals surface area contributed by atoms with Gasteiger partial charge in [0.2, 0.25) is 0 Å². The number of carboxylic acid groups (broad SMARTS) is 1. The third kappa shape index (κ3) is 5.22. The third-order valence-electron chi connectivity index (χ3n) is 2.66. The topological polar surface area (TPSA) is 66.4 Å². The molecule has 0 spiro atoms. The molecular formula is C15H18FNO3. The van der Waals surface area contributed by atoms with E-state index in [2.05, 4.69) is 5.32 Å². The Morgan fingerprint density at radius 3 is 2.70 bits per heavy atom. The molecule has 0 unspecified atom stereocenters. The lowest BCUT2D eigenvalue weighted by Crippen LogP contribution is -2.26. The third-order valence-corrected chi connectivity index (χ3v) is 2.66. The summed E-state index contributed by atoms with van der Waals surface area (Å²) in [5.74, 6) is -1.77. The van der Waals surface area contributed by atoms with Crippen molar-refractivity contribution < 1.29 is 19.1 Å². The van der Waals surface area contributed by atoms with Crippen LogP contribution in [0.25, 0.3) is 6.08 Å². The minimum Gasteiger partial charge on any atom is -0.478 e. The summed E-state index contributed by atoms with van der Waals surface area (Å²) < 4.78 is 13.6. The largest absolute Gasteiger partial charge is 0.478 e. The van der Waals surface area contributed by atoms with Gasteiger partial charge in [-0.25, -0.2) is 9.18 Å². The number of carboxylic acids is 1. The summed E-state index contributed by atoms with van der Waals surface area (Å²) >= 11 is 0. The van der Waals surface area contributed by atoms with Gasteiger partial charge in [0, 0.05) is 12.6 Å². The SMILES string of the molecule is CC(C)CCNC(=O)c1cc(C=CC(=O)O)ccc1F. The minimum atomic E-state index is -1.10. The van der Waals surface area contributed by atoms with Gasteiger partial charge >= 0.3 is 5.97 Å². The number of hydrogen-bond acceptors (Lipinski definition) is 2. The van der Waals surface area contributed by atoms with Crippen LogP contribution in [0.3, 0.4) is 0 Å². The average molecular weight is 279 g/mol. The second-order valence-electron chi connectivity index (χ2n) is 4.85. The Morgan fingerprint density at radius 1 is 1.40 bits per heavy atom. The van der Waals surface area contributed by atoms with Gasteiger partial charge in [-0.3, -0.25) is 4.79 Å². The number of rotatable bonds is 6. The number of carbonyl (C=O) groups excluding carboxylic acids is 1. The molecule has 0 saturated carbocycles. The molecule has 1 rings (SSSR count). The van der Waals surface area contributed by atoms with Crippen molar-refractivity contribution in [3.63, 3.8) is 0 Å². The molecule has 0 atom stereocenters. The summed E-state index contributed by atoms with van der Waals surface area (Å²) in [5.41, 5.74) is 0.379. The van der Waals surface area contributed by atoms with Crippen LogP contribution in [-0.4, -0.2) is 23.5 Å². The normalized spacial score (nSPS) is 11.0. The van der Waals surface area contributed by atoms with Crippen LogP contribution in [0.4, 0.5) is 4.39 Å². The number of halogens is 1. The van der Waals surface area contributed by atoms with Gasteiger partial charge in [0.15, 0.2) is 0 Å². The van der Waals surface area contributed by atoms with E-state index < -0.39 is 17.7 Å². The van der Waals surface area contributed by atoms with E-state index in [0.717, 1.165) is 18.6 Å². The van der Waals surface area contributed by atoms with Gasteiger partial charge in [0.25, 0.3) is 5.91 Å². The van der Waals surface area contributed by atoms with Crippen molar-refractivity contribution in [2.75, 3.05) is 6.54 Å². The number of aliphatic carboxylic acids is 1. The van der Waals surface area contributed by atoms with E-state index in [-0.39, 0.29) is 5.56 Å². The summed E-state index contributed by atoms with van der Waals surface area (Å²) in [6.45, 7) is 4.54. The van der Waals surface area contributed by atoms with E-state index >= 15 is 0 Å².